The van der Waals surface area contributed by atoms with Crippen LogP contribution in [0.15, 0.2) is 58.1 Å². The fraction of sp³-hybridized carbons (Fsp3) is 0.190. The zero-order chi connectivity index (χ0) is 20.5. The highest BCUT2D eigenvalue weighted by molar-refractivity contribution is 5.77. The van der Waals surface area contributed by atoms with E-state index in [9.17, 15) is 14.7 Å². The van der Waals surface area contributed by atoms with Gasteiger partial charge in [0, 0.05) is 12.1 Å². The smallest absolute Gasteiger partial charge is 0.330 e. The van der Waals surface area contributed by atoms with Crippen LogP contribution in [0.5, 0.6) is 11.5 Å². The Balaban J connectivity index is 1.97. The number of phenolic OH excluding ortho intramolecular Hbond substituents is 1. The predicted octanol–water partition coefficient (Wildman–Crippen LogP) is 2.34. The molecule has 2 heterocycles. The molecule has 4 rings (SSSR count). The second kappa shape index (κ2) is 7.31. The molecule has 0 unspecified atom stereocenters. The molecule has 2 aromatic carbocycles. The van der Waals surface area contributed by atoms with Crippen LogP contribution in [0.3, 0.4) is 0 Å². The molecule has 2 aromatic heterocycles. The maximum atomic E-state index is 12.6. The minimum Gasteiger partial charge on any atom is -0.504 e. The molecule has 8 nitrogen and oxygen atoms in total. The van der Waals surface area contributed by atoms with Crippen LogP contribution < -0.4 is 16.0 Å². The summed E-state index contributed by atoms with van der Waals surface area (Å²) in [4.78, 5) is 32.2. The van der Waals surface area contributed by atoms with Crippen molar-refractivity contribution in [2.45, 2.75) is 20.0 Å². The third-order valence-electron chi connectivity index (χ3n) is 4.82. The number of aromatic amines is 1. The third-order valence-corrected chi connectivity index (χ3v) is 4.82. The Bertz CT molecular complexity index is 1300. The first kappa shape index (κ1) is 18.5. The number of benzene rings is 2. The van der Waals surface area contributed by atoms with Crippen LogP contribution in [0.25, 0.3) is 22.6 Å². The van der Waals surface area contributed by atoms with Gasteiger partial charge in [-0.05, 0) is 30.7 Å². The summed E-state index contributed by atoms with van der Waals surface area (Å²) in [6.45, 7) is 2.63. The maximum Gasteiger partial charge on any atom is 0.330 e. The molecule has 0 aliphatic rings. The van der Waals surface area contributed by atoms with Gasteiger partial charge in [-0.2, -0.15) is 0 Å². The summed E-state index contributed by atoms with van der Waals surface area (Å²) >= 11 is 0. The van der Waals surface area contributed by atoms with E-state index in [1.807, 2.05) is 37.3 Å². The van der Waals surface area contributed by atoms with Gasteiger partial charge in [-0.25, -0.2) is 9.78 Å². The number of nitrogens with one attached hydrogen (secondary N) is 1. The first-order valence-corrected chi connectivity index (χ1v) is 9.18. The average molecular weight is 392 g/mol. The number of aromatic nitrogens is 4. The molecule has 0 atom stereocenters. The molecule has 0 saturated carbocycles. The summed E-state index contributed by atoms with van der Waals surface area (Å²) in [6, 6.07) is 14.4. The summed E-state index contributed by atoms with van der Waals surface area (Å²) in [5.41, 5.74) is 1.13. The van der Waals surface area contributed by atoms with E-state index >= 15 is 0 Å². The predicted molar refractivity (Wildman–Crippen MR) is 109 cm³/mol. The first-order chi connectivity index (χ1) is 14.0. The number of H-pyrrole nitrogens is 1. The van der Waals surface area contributed by atoms with Gasteiger partial charge in [0.05, 0.1) is 13.7 Å². The summed E-state index contributed by atoms with van der Waals surface area (Å²) < 4.78 is 8.28. The largest absolute Gasteiger partial charge is 0.504 e. The van der Waals surface area contributed by atoms with Crippen molar-refractivity contribution in [3.63, 3.8) is 0 Å². The number of hydrogen-bond acceptors (Lipinski definition) is 5. The van der Waals surface area contributed by atoms with Crippen molar-refractivity contribution in [1.82, 2.24) is 19.1 Å². The first-order valence-electron chi connectivity index (χ1n) is 9.18. The number of aryl methyl sites for hydroxylation is 1. The van der Waals surface area contributed by atoms with Gasteiger partial charge in [0.1, 0.15) is 5.82 Å². The Hall–Kier alpha value is -3.81. The molecule has 0 fully saturated rings. The molecule has 0 saturated heterocycles. The highest BCUT2D eigenvalue weighted by Gasteiger charge is 2.19. The number of ether oxygens (including phenoxy) is 1. The van der Waals surface area contributed by atoms with Crippen molar-refractivity contribution in [3.8, 4) is 22.9 Å². The SMILES string of the molecule is CCn1c(-c2ccc(OC)c(O)c2)nc2c1c(=O)[nH]c(=O)n2Cc1ccccc1. The Kier molecular flexibility index (Phi) is 4.67. The van der Waals surface area contributed by atoms with Gasteiger partial charge in [0.25, 0.3) is 5.56 Å². The Labute approximate surface area is 165 Å². The molecule has 29 heavy (non-hydrogen) atoms. The van der Waals surface area contributed by atoms with E-state index < -0.39 is 11.2 Å². The maximum absolute atomic E-state index is 12.6. The Morgan fingerprint density at radius 2 is 1.86 bits per heavy atom. The van der Waals surface area contributed by atoms with Gasteiger partial charge < -0.3 is 14.4 Å². The standard InChI is InChI=1S/C21H20N4O4/c1-3-24-17-19(22-18(24)14-9-10-16(29-2)15(26)11-14)25(21(28)23-20(17)27)12-13-7-5-4-6-8-13/h4-11,26H,3,12H2,1-2H3,(H,23,27,28). The normalized spacial score (nSPS) is 11.1. The number of hydrogen-bond donors (Lipinski definition) is 2. The summed E-state index contributed by atoms with van der Waals surface area (Å²) in [5, 5.41) is 10.2. The number of methoxy groups -OCH3 is 1. The van der Waals surface area contributed by atoms with Crippen LogP contribution >= 0.6 is 0 Å². The van der Waals surface area contributed by atoms with Gasteiger partial charge in [-0.1, -0.05) is 30.3 Å². The van der Waals surface area contributed by atoms with Crippen LogP contribution in [0.2, 0.25) is 0 Å². The molecule has 0 bridgehead atoms. The summed E-state index contributed by atoms with van der Waals surface area (Å²) in [7, 11) is 1.47. The lowest BCUT2D eigenvalue weighted by atomic mass is 10.2. The summed E-state index contributed by atoms with van der Waals surface area (Å²) in [5.74, 6) is 0.792. The number of fused-ring (bicyclic) bond motifs is 1. The van der Waals surface area contributed by atoms with Crippen molar-refractivity contribution in [2.24, 2.45) is 0 Å². The van der Waals surface area contributed by atoms with Crippen LogP contribution in [-0.4, -0.2) is 31.3 Å². The number of imidazole rings is 1. The summed E-state index contributed by atoms with van der Waals surface area (Å²) in [6.07, 6.45) is 0. The fourth-order valence-corrected chi connectivity index (χ4v) is 3.44. The number of phenols is 1. The fourth-order valence-electron chi connectivity index (χ4n) is 3.44. The zero-order valence-corrected chi connectivity index (χ0v) is 16.0. The van der Waals surface area contributed by atoms with Gasteiger partial charge >= 0.3 is 5.69 Å². The minimum atomic E-state index is -0.517. The molecule has 0 spiro atoms. The lowest BCUT2D eigenvalue weighted by molar-refractivity contribution is 0.373. The minimum absolute atomic E-state index is 0.0321. The van der Waals surface area contributed by atoms with Gasteiger partial charge in [-0.3, -0.25) is 14.3 Å². The van der Waals surface area contributed by atoms with E-state index in [2.05, 4.69) is 9.97 Å². The van der Waals surface area contributed by atoms with Crippen molar-refractivity contribution in [2.75, 3.05) is 7.11 Å². The van der Waals surface area contributed by atoms with Crippen LogP contribution in [-0.2, 0) is 13.1 Å². The van der Waals surface area contributed by atoms with E-state index in [4.69, 9.17) is 4.74 Å². The van der Waals surface area contributed by atoms with E-state index in [1.165, 1.54) is 17.7 Å². The third kappa shape index (κ3) is 3.18. The van der Waals surface area contributed by atoms with Crippen molar-refractivity contribution >= 4 is 11.2 Å². The molecular weight excluding hydrogens is 372 g/mol. The second-order valence-electron chi connectivity index (χ2n) is 6.57. The monoisotopic (exact) mass is 392 g/mol. The highest BCUT2D eigenvalue weighted by atomic mass is 16.5. The molecule has 0 amide bonds. The number of nitrogens with zero attached hydrogens (tertiary/aromatic N) is 3. The van der Waals surface area contributed by atoms with Crippen LogP contribution in [0, 0.1) is 0 Å². The molecule has 148 valence electrons. The molecule has 2 N–H and O–H groups in total. The number of aromatic hydroxyl groups is 1. The van der Waals surface area contributed by atoms with E-state index in [-0.39, 0.29) is 12.3 Å². The van der Waals surface area contributed by atoms with Crippen molar-refractivity contribution in [3.05, 3.63) is 74.9 Å². The van der Waals surface area contributed by atoms with E-state index in [0.29, 0.717) is 34.8 Å². The quantitative estimate of drug-likeness (QED) is 0.543. The molecule has 0 radical (unpaired) electrons. The van der Waals surface area contributed by atoms with Crippen molar-refractivity contribution < 1.29 is 9.84 Å². The van der Waals surface area contributed by atoms with Crippen LogP contribution in [0.1, 0.15) is 12.5 Å². The molecule has 8 heteroatoms. The highest BCUT2D eigenvalue weighted by Crippen LogP contribution is 2.32. The topological polar surface area (TPSA) is 102 Å². The van der Waals surface area contributed by atoms with Gasteiger partial charge in [0.15, 0.2) is 22.7 Å². The van der Waals surface area contributed by atoms with Gasteiger partial charge in [0.2, 0.25) is 0 Å². The lowest BCUT2D eigenvalue weighted by Gasteiger charge is -2.08. The molecule has 4 aromatic rings. The number of rotatable bonds is 5. The average Bonchev–Trinajstić information content (AvgIpc) is 3.12. The molecular formula is C21H20N4O4. The Morgan fingerprint density at radius 1 is 1.10 bits per heavy atom. The Morgan fingerprint density at radius 3 is 2.52 bits per heavy atom. The lowest BCUT2D eigenvalue weighted by Crippen LogP contribution is -2.31. The van der Waals surface area contributed by atoms with Crippen LogP contribution in [0.4, 0.5) is 0 Å². The van der Waals surface area contributed by atoms with E-state index in [1.54, 1.807) is 16.7 Å². The molecule has 0 aliphatic heterocycles. The van der Waals surface area contributed by atoms with Crippen molar-refractivity contribution in [1.29, 1.82) is 0 Å². The molecule has 0 aliphatic carbocycles. The zero-order valence-electron chi connectivity index (χ0n) is 16.0. The van der Waals surface area contributed by atoms with Gasteiger partial charge in [-0.15, -0.1) is 0 Å². The van der Waals surface area contributed by atoms with E-state index in [0.717, 1.165) is 5.56 Å². The second-order valence-corrected chi connectivity index (χ2v) is 6.57.